The van der Waals surface area contributed by atoms with E-state index in [-0.39, 0.29) is 29.6 Å². The number of ether oxygens (including phenoxy) is 1. The summed E-state index contributed by atoms with van der Waals surface area (Å²) in [6.45, 7) is 2.01. The molecule has 2 aromatic rings. The van der Waals surface area contributed by atoms with Crippen LogP contribution < -0.4 is 9.30 Å². The van der Waals surface area contributed by atoms with Crippen molar-refractivity contribution in [3.05, 3.63) is 53.3 Å². The van der Waals surface area contributed by atoms with E-state index in [2.05, 4.69) is 4.90 Å². The van der Waals surface area contributed by atoms with Crippen LogP contribution in [0.25, 0.3) is 0 Å². The van der Waals surface area contributed by atoms with Crippen LogP contribution in [0.5, 0.6) is 11.5 Å². The third-order valence-corrected chi connectivity index (χ3v) is 9.63. The molecule has 3 heterocycles. The zero-order valence-electron chi connectivity index (χ0n) is 19.7. The number of benzene rings is 1. The Labute approximate surface area is 200 Å². The molecule has 0 unspecified atom stereocenters. The molecule has 3 fully saturated rings. The first-order chi connectivity index (χ1) is 16.4. The summed E-state index contributed by atoms with van der Waals surface area (Å²) in [5, 5.41) is 23.3. The number of likely N-dealkylation sites (tertiary alicyclic amines) is 1. The molecule has 6 nitrogen and oxygen atoms in total. The first-order valence-electron chi connectivity index (χ1n) is 12.9. The zero-order chi connectivity index (χ0) is 23.2. The van der Waals surface area contributed by atoms with E-state index >= 15 is 0 Å². The molecule has 7 rings (SSSR count). The fourth-order valence-corrected chi connectivity index (χ4v) is 7.84. The van der Waals surface area contributed by atoms with E-state index in [0.717, 1.165) is 49.4 Å². The van der Waals surface area contributed by atoms with E-state index in [1.54, 1.807) is 6.07 Å². The minimum Gasteiger partial charge on any atom is -0.504 e. The van der Waals surface area contributed by atoms with Crippen LogP contribution in [0.4, 0.5) is 0 Å². The largest absolute Gasteiger partial charge is 0.504 e. The Bertz CT molecular complexity index is 1180. The molecule has 6 heteroatoms. The number of phenols is 1. The number of carbonyl (C=O) groups excluding carboxylic acids is 1. The van der Waals surface area contributed by atoms with Gasteiger partial charge in [-0.3, -0.25) is 9.69 Å². The SMILES string of the molecule is C[n+]1ccc(C(=O)C[C@@H]2CC[C@@]3(O)[C@H]4Cc5ccc(O)c6c5[C@@]3(CCN4CC3CC3)[C@H]2O6)cc1. The third-order valence-electron chi connectivity index (χ3n) is 9.63. The van der Waals surface area contributed by atoms with Crippen LogP contribution in [0.1, 0.15) is 60.0 Å². The second-order valence-electron chi connectivity index (χ2n) is 11.5. The molecule has 1 aromatic heterocycles. The number of pyridine rings is 1. The summed E-state index contributed by atoms with van der Waals surface area (Å²) in [7, 11) is 1.94. The van der Waals surface area contributed by atoms with E-state index < -0.39 is 11.0 Å². The summed E-state index contributed by atoms with van der Waals surface area (Å²) < 4.78 is 8.51. The van der Waals surface area contributed by atoms with Crippen molar-refractivity contribution in [3.63, 3.8) is 0 Å². The molecule has 2 aliphatic heterocycles. The predicted molar refractivity (Wildman–Crippen MR) is 125 cm³/mol. The minimum absolute atomic E-state index is 0.00936. The molecule has 1 aromatic carbocycles. The Morgan fingerprint density at radius 1 is 1.18 bits per heavy atom. The van der Waals surface area contributed by atoms with Crippen LogP contribution in [0, 0.1) is 11.8 Å². The van der Waals surface area contributed by atoms with Crippen LogP contribution >= 0.6 is 0 Å². The van der Waals surface area contributed by atoms with Crippen molar-refractivity contribution >= 4 is 5.78 Å². The van der Waals surface area contributed by atoms with Gasteiger partial charge in [0.05, 0.1) is 11.0 Å². The third kappa shape index (κ3) is 2.70. The van der Waals surface area contributed by atoms with Crippen molar-refractivity contribution in [2.24, 2.45) is 18.9 Å². The molecule has 5 aliphatic rings. The number of ketones is 1. The monoisotopic (exact) mass is 461 g/mol. The van der Waals surface area contributed by atoms with Gasteiger partial charge in [-0.25, -0.2) is 4.57 Å². The summed E-state index contributed by atoms with van der Waals surface area (Å²) in [5.74, 6) is 1.61. The second kappa shape index (κ2) is 7.05. The lowest BCUT2D eigenvalue weighted by Gasteiger charge is -2.64. The molecular weight excluding hydrogens is 428 g/mol. The lowest BCUT2D eigenvalue weighted by atomic mass is 9.47. The van der Waals surface area contributed by atoms with Crippen LogP contribution in [-0.2, 0) is 18.9 Å². The molecular formula is C28H33N2O4+. The number of hydrogen-bond donors (Lipinski definition) is 2. The Hall–Kier alpha value is -2.44. The van der Waals surface area contributed by atoms with Crippen molar-refractivity contribution in [2.75, 3.05) is 13.1 Å². The maximum absolute atomic E-state index is 13.3. The number of rotatable bonds is 5. The number of Topliss-reactive ketones (excluding diaryl/α,β-unsaturated/α-hetero) is 1. The highest BCUT2D eigenvalue weighted by Gasteiger charge is 2.72. The molecule has 2 N–H and O–H groups in total. The van der Waals surface area contributed by atoms with E-state index in [0.29, 0.717) is 18.6 Å². The normalized spacial score (nSPS) is 35.5. The fraction of sp³-hybridized carbons (Fsp3) is 0.571. The highest BCUT2D eigenvalue weighted by atomic mass is 16.5. The molecule has 1 spiro atoms. The van der Waals surface area contributed by atoms with Gasteiger partial charge in [-0.15, -0.1) is 0 Å². The summed E-state index contributed by atoms with van der Waals surface area (Å²) in [5.41, 5.74) is 1.51. The van der Waals surface area contributed by atoms with E-state index in [1.165, 1.54) is 18.4 Å². The molecule has 2 bridgehead atoms. The topological polar surface area (TPSA) is 73.9 Å². The van der Waals surface area contributed by atoms with Gasteiger partial charge < -0.3 is 14.9 Å². The smallest absolute Gasteiger partial charge is 0.169 e. The van der Waals surface area contributed by atoms with Crippen molar-refractivity contribution < 1.29 is 24.3 Å². The van der Waals surface area contributed by atoms with Gasteiger partial charge in [0.25, 0.3) is 0 Å². The highest BCUT2D eigenvalue weighted by molar-refractivity contribution is 5.96. The first-order valence-corrected chi connectivity index (χ1v) is 12.9. The summed E-state index contributed by atoms with van der Waals surface area (Å²) >= 11 is 0. The number of aromatic hydroxyl groups is 1. The average molecular weight is 462 g/mol. The van der Waals surface area contributed by atoms with Crippen molar-refractivity contribution in [2.45, 2.75) is 68.1 Å². The maximum atomic E-state index is 13.3. The van der Waals surface area contributed by atoms with Gasteiger partial charge in [0, 0.05) is 48.2 Å². The number of nitrogens with zero attached hydrogens (tertiary/aromatic N) is 2. The molecule has 2 saturated carbocycles. The standard InChI is InChI=1S/C28H32N2O4/c1-29-11-7-18(8-12-29)22(32)14-20-6-9-28(33)23-15-19-4-5-21(31)25-24(19)27(28,26(20)34-25)10-13-30(23)16-17-2-3-17/h4-5,7-8,11-12,17,20,23,26,33H,2-3,6,9-10,13-16H2,1H3/p+1/t20-,23+,26-,27-,28+/m0/s1. The number of aryl methyl sites for hydroxylation is 1. The summed E-state index contributed by atoms with van der Waals surface area (Å²) in [4.78, 5) is 15.8. The molecule has 0 amide bonds. The minimum atomic E-state index is -0.892. The van der Waals surface area contributed by atoms with E-state index in [9.17, 15) is 15.0 Å². The van der Waals surface area contributed by atoms with Gasteiger partial charge in [-0.05, 0) is 62.6 Å². The Morgan fingerprint density at radius 3 is 2.74 bits per heavy atom. The van der Waals surface area contributed by atoms with Crippen LogP contribution in [0.3, 0.4) is 0 Å². The number of aliphatic hydroxyl groups is 1. The van der Waals surface area contributed by atoms with Crippen molar-refractivity contribution in [3.8, 4) is 11.5 Å². The van der Waals surface area contributed by atoms with Gasteiger partial charge in [0.1, 0.15) is 13.2 Å². The van der Waals surface area contributed by atoms with Crippen LogP contribution in [0.2, 0.25) is 0 Å². The molecule has 0 radical (unpaired) electrons. The Morgan fingerprint density at radius 2 is 1.97 bits per heavy atom. The molecule has 1 saturated heterocycles. The van der Waals surface area contributed by atoms with Crippen molar-refractivity contribution in [1.82, 2.24) is 4.90 Å². The summed E-state index contributed by atoms with van der Waals surface area (Å²) in [6, 6.07) is 7.61. The number of carbonyl (C=O) groups is 1. The van der Waals surface area contributed by atoms with Gasteiger partial charge in [-0.2, -0.15) is 0 Å². The maximum Gasteiger partial charge on any atom is 0.169 e. The lowest BCUT2D eigenvalue weighted by molar-refractivity contribution is -0.671. The van der Waals surface area contributed by atoms with Gasteiger partial charge in [0.15, 0.2) is 29.7 Å². The summed E-state index contributed by atoms with van der Waals surface area (Å²) in [6.07, 6.45) is 9.56. The Kier molecular flexibility index (Phi) is 4.33. The molecule has 5 atom stereocenters. The van der Waals surface area contributed by atoms with Gasteiger partial charge >= 0.3 is 0 Å². The molecule has 3 aliphatic carbocycles. The van der Waals surface area contributed by atoms with Crippen LogP contribution in [-0.4, -0.2) is 51.7 Å². The first kappa shape index (κ1) is 20.9. The number of piperidine rings is 1. The molecule has 178 valence electrons. The van der Waals surface area contributed by atoms with Crippen LogP contribution in [0.15, 0.2) is 36.7 Å². The molecule has 34 heavy (non-hydrogen) atoms. The fourth-order valence-electron chi connectivity index (χ4n) is 7.84. The van der Waals surface area contributed by atoms with E-state index in [4.69, 9.17) is 4.74 Å². The quantitative estimate of drug-likeness (QED) is 0.529. The lowest BCUT2D eigenvalue weighted by Crippen LogP contribution is -2.76. The van der Waals surface area contributed by atoms with Crippen molar-refractivity contribution in [1.29, 1.82) is 0 Å². The highest BCUT2D eigenvalue weighted by Crippen LogP contribution is 2.66. The number of hydrogen-bond acceptors (Lipinski definition) is 5. The number of phenolic OH excluding ortho intramolecular Hbond substituents is 1. The second-order valence-corrected chi connectivity index (χ2v) is 11.5. The van der Waals surface area contributed by atoms with Gasteiger partial charge in [-0.1, -0.05) is 6.07 Å². The zero-order valence-corrected chi connectivity index (χ0v) is 19.7. The predicted octanol–water partition coefficient (Wildman–Crippen LogP) is 2.67. The number of aromatic nitrogens is 1. The Balaban J connectivity index is 1.29. The van der Waals surface area contributed by atoms with Gasteiger partial charge in [0.2, 0.25) is 0 Å². The average Bonchev–Trinajstić information content (AvgIpc) is 3.56. The van der Waals surface area contributed by atoms with E-state index in [1.807, 2.05) is 42.2 Å².